The van der Waals surface area contributed by atoms with Crippen LogP contribution in [0.25, 0.3) is 11.1 Å². The molecular weight excluding hydrogens is 370 g/mol. The summed E-state index contributed by atoms with van der Waals surface area (Å²) in [7, 11) is 1.90. The molecule has 0 atom stereocenters. The summed E-state index contributed by atoms with van der Waals surface area (Å²) in [6.07, 6.45) is 2.11. The Morgan fingerprint density at radius 1 is 1.00 bits per heavy atom. The maximum atomic E-state index is 13.2. The van der Waals surface area contributed by atoms with Gasteiger partial charge in [0.05, 0.1) is 0 Å². The maximum absolute atomic E-state index is 13.2. The summed E-state index contributed by atoms with van der Waals surface area (Å²) in [6.45, 7) is 13.8. The van der Waals surface area contributed by atoms with Crippen LogP contribution < -0.4 is 16.0 Å². The number of hydrogen-bond acceptors (Lipinski definition) is 3. The quantitative estimate of drug-likeness (QED) is 0.630. The van der Waals surface area contributed by atoms with Crippen molar-refractivity contribution in [3.05, 3.63) is 53.1 Å². The van der Waals surface area contributed by atoms with Gasteiger partial charge in [-0.1, -0.05) is 29.8 Å². The first-order chi connectivity index (χ1) is 14.0. The van der Waals surface area contributed by atoms with E-state index >= 15 is 0 Å². The summed E-state index contributed by atoms with van der Waals surface area (Å²) >= 11 is 0. The normalized spacial score (nSPS) is 18.1. The molecular formula is C26H37N3O. The van der Waals surface area contributed by atoms with E-state index < -0.39 is 0 Å². The molecule has 3 N–H and O–H groups in total. The van der Waals surface area contributed by atoms with Crippen LogP contribution >= 0.6 is 0 Å². The van der Waals surface area contributed by atoms with Crippen LogP contribution in [0, 0.1) is 19.8 Å². The molecule has 0 unspecified atom stereocenters. The highest BCUT2D eigenvalue weighted by atomic mass is 16.1. The van der Waals surface area contributed by atoms with E-state index in [9.17, 15) is 4.79 Å². The fourth-order valence-electron chi connectivity index (χ4n) is 5.13. The summed E-state index contributed by atoms with van der Waals surface area (Å²) in [5.41, 5.74) is 6.27. The van der Waals surface area contributed by atoms with Gasteiger partial charge in [-0.3, -0.25) is 4.79 Å². The summed E-state index contributed by atoms with van der Waals surface area (Å²) in [5, 5.41) is 10.2. The molecule has 0 aromatic heterocycles. The second kappa shape index (κ2) is 8.43. The van der Waals surface area contributed by atoms with Gasteiger partial charge in [0.25, 0.3) is 5.91 Å². The van der Waals surface area contributed by atoms with Crippen LogP contribution in [-0.4, -0.2) is 30.6 Å². The molecule has 162 valence electrons. The molecule has 0 aliphatic carbocycles. The van der Waals surface area contributed by atoms with E-state index in [0.29, 0.717) is 12.5 Å². The van der Waals surface area contributed by atoms with Crippen molar-refractivity contribution in [2.24, 2.45) is 5.92 Å². The lowest BCUT2D eigenvalue weighted by Crippen LogP contribution is -2.59. The lowest BCUT2D eigenvalue weighted by molar-refractivity contribution is 0.0905. The average Bonchev–Trinajstić information content (AvgIpc) is 2.64. The van der Waals surface area contributed by atoms with E-state index in [4.69, 9.17) is 0 Å². The van der Waals surface area contributed by atoms with Crippen LogP contribution in [-0.2, 0) is 0 Å². The third-order valence-electron chi connectivity index (χ3n) is 6.13. The molecule has 1 amide bonds. The SMILES string of the molecule is CNc1cc(-c2ccc(C)cc2)cc(C(=O)NCC2CC(C)(C)NC(C)(C)C2)c1C. The zero-order chi connectivity index (χ0) is 22.1. The van der Waals surface area contributed by atoms with Crippen molar-refractivity contribution in [2.45, 2.75) is 65.5 Å². The predicted molar refractivity (Wildman–Crippen MR) is 127 cm³/mol. The Hall–Kier alpha value is -2.33. The van der Waals surface area contributed by atoms with Gasteiger partial charge >= 0.3 is 0 Å². The zero-order valence-electron chi connectivity index (χ0n) is 19.6. The van der Waals surface area contributed by atoms with Gasteiger partial charge in [0.15, 0.2) is 0 Å². The van der Waals surface area contributed by atoms with Crippen molar-refractivity contribution in [1.29, 1.82) is 0 Å². The van der Waals surface area contributed by atoms with Gasteiger partial charge in [-0.25, -0.2) is 0 Å². The third kappa shape index (κ3) is 5.23. The molecule has 1 fully saturated rings. The molecule has 4 heteroatoms. The summed E-state index contributed by atoms with van der Waals surface area (Å²) in [6, 6.07) is 12.6. The lowest BCUT2D eigenvalue weighted by Gasteiger charge is -2.46. The molecule has 30 heavy (non-hydrogen) atoms. The molecule has 0 spiro atoms. The Bertz CT molecular complexity index is 897. The number of piperidine rings is 1. The Kier molecular flexibility index (Phi) is 6.28. The number of carbonyl (C=O) groups excluding carboxylic acids is 1. The molecule has 3 rings (SSSR count). The molecule has 1 aliphatic rings. The van der Waals surface area contributed by atoms with Crippen molar-refractivity contribution >= 4 is 11.6 Å². The minimum Gasteiger partial charge on any atom is -0.388 e. The number of carbonyl (C=O) groups is 1. The number of anilines is 1. The molecule has 2 aromatic rings. The van der Waals surface area contributed by atoms with E-state index in [0.717, 1.165) is 40.8 Å². The highest BCUT2D eigenvalue weighted by Crippen LogP contribution is 2.33. The van der Waals surface area contributed by atoms with Crippen LogP contribution in [0.2, 0.25) is 0 Å². The van der Waals surface area contributed by atoms with E-state index in [1.54, 1.807) is 0 Å². The van der Waals surface area contributed by atoms with Gasteiger partial charge in [-0.05, 0) is 89.1 Å². The number of amides is 1. The highest BCUT2D eigenvalue weighted by molar-refractivity contribution is 5.98. The monoisotopic (exact) mass is 407 g/mol. The largest absolute Gasteiger partial charge is 0.388 e. The van der Waals surface area contributed by atoms with Gasteiger partial charge in [-0.15, -0.1) is 0 Å². The molecule has 4 nitrogen and oxygen atoms in total. The Labute approximate surface area is 181 Å². The number of nitrogens with one attached hydrogen (secondary N) is 3. The molecule has 0 saturated carbocycles. The molecule has 1 saturated heterocycles. The first kappa shape index (κ1) is 22.4. The van der Waals surface area contributed by atoms with Crippen molar-refractivity contribution in [3.63, 3.8) is 0 Å². The molecule has 0 bridgehead atoms. The smallest absolute Gasteiger partial charge is 0.251 e. The maximum Gasteiger partial charge on any atom is 0.251 e. The van der Waals surface area contributed by atoms with Gasteiger partial charge in [0.2, 0.25) is 0 Å². The first-order valence-electron chi connectivity index (χ1n) is 11.0. The van der Waals surface area contributed by atoms with Gasteiger partial charge in [0.1, 0.15) is 0 Å². The number of aryl methyl sites for hydroxylation is 1. The molecule has 2 aromatic carbocycles. The predicted octanol–water partition coefficient (Wildman–Crippen LogP) is 5.30. The van der Waals surface area contributed by atoms with Crippen LogP contribution in [0.3, 0.4) is 0 Å². The fourth-order valence-corrected chi connectivity index (χ4v) is 5.13. The summed E-state index contributed by atoms with van der Waals surface area (Å²) < 4.78 is 0. The zero-order valence-corrected chi connectivity index (χ0v) is 19.6. The number of rotatable bonds is 5. The minimum absolute atomic E-state index is 0.00658. The van der Waals surface area contributed by atoms with Crippen LogP contribution in [0.1, 0.15) is 62.0 Å². The third-order valence-corrected chi connectivity index (χ3v) is 6.13. The van der Waals surface area contributed by atoms with E-state index in [1.165, 1.54) is 5.56 Å². The molecule has 1 heterocycles. The van der Waals surface area contributed by atoms with E-state index in [-0.39, 0.29) is 17.0 Å². The standard InChI is InChI=1S/C26H37N3O/c1-17-8-10-20(11-9-17)21-12-22(18(2)23(13-21)27-7)24(30)28-16-19-14-25(3,4)29-26(5,6)15-19/h8-13,19,27,29H,14-16H2,1-7H3,(H,28,30). The second-order valence-corrected chi connectivity index (χ2v) is 10.2. The van der Waals surface area contributed by atoms with E-state index in [1.807, 2.05) is 20.0 Å². The van der Waals surface area contributed by atoms with Crippen molar-refractivity contribution in [3.8, 4) is 11.1 Å². The Morgan fingerprint density at radius 3 is 2.17 bits per heavy atom. The highest BCUT2D eigenvalue weighted by Gasteiger charge is 2.37. The topological polar surface area (TPSA) is 53.2 Å². The first-order valence-corrected chi connectivity index (χ1v) is 11.0. The van der Waals surface area contributed by atoms with E-state index in [2.05, 4.69) is 80.9 Å². The fraction of sp³-hybridized carbons (Fsp3) is 0.500. The van der Waals surface area contributed by atoms with Crippen LogP contribution in [0.15, 0.2) is 36.4 Å². The van der Waals surface area contributed by atoms with Gasteiger partial charge in [0, 0.05) is 35.9 Å². The van der Waals surface area contributed by atoms with Crippen molar-refractivity contribution in [1.82, 2.24) is 10.6 Å². The number of hydrogen-bond donors (Lipinski definition) is 3. The van der Waals surface area contributed by atoms with Gasteiger partial charge < -0.3 is 16.0 Å². The van der Waals surface area contributed by atoms with Crippen molar-refractivity contribution < 1.29 is 4.79 Å². The van der Waals surface area contributed by atoms with Crippen LogP contribution in [0.5, 0.6) is 0 Å². The number of benzene rings is 2. The molecule has 0 radical (unpaired) electrons. The Morgan fingerprint density at radius 2 is 1.60 bits per heavy atom. The van der Waals surface area contributed by atoms with Crippen molar-refractivity contribution in [2.75, 3.05) is 18.9 Å². The Balaban J connectivity index is 1.81. The minimum atomic E-state index is 0.00658. The van der Waals surface area contributed by atoms with Gasteiger partial charge in [-0.2, -0.15) is 0 Å². The summed E-state index contributed by atoms with van der Waals surface area (Å²) in [4.78, 5) is 13.2. The lowest BCUT2D eigenvalue weighted by atomic mass is 9.76. The second-order valence-electron chi connectivity index (χ2n) is 10.2. The van der Waals surface area contributed by atoms with Crippen LogP contribution in [0.4, 0.5) is 5.69 Å². The average molecular weight is 408 g/mol. The summed E-state index contributed by atoms with van der Waals surface area (Å²) in [5.74, 6) is 0.469. The molecule has 1 aliphatic heterocycles.